The highest BCUT2D eigenvalue weighted by Crippen LogP contribution is 2.30. The Bertz CT molecular complexity index is 1040. The maximum absolute atomic E-state index is 13.0. The lowest BCUT2D eigenvalue weighted by molar-refractivity contribution is -0.119. The van der Waals surface area contributed by atoms with Gasteiger partial charge in [-0.15, -0.1) is 0 Å². The molecule has 6 nitrogen and oxygen atoms in total. The predicted molar refractivity (Wildman–Crippen MR) is 125 cm³/mol. The van der Waals surface area contributed by atoms with Crippen molar-refractivity contribution < 1.29 is 9.53 Å². The monoisotopic (exact) mass is 432 g/mol. The zero-order valence-electron chi connectivity index (χ0n) is 18.6. The largest absolute Gasteiger partial charge is 0.474 e. The molecule has 1 aromatic carbocycles. The quantitative estimate of drug-likeness (QED) is 0.588. The summed E-state index contributed by atoms with van der Waals surface area (Å²) in [5.41, 5.74) is 3.01. The number of carbonyl (C=O) groups is 1. The Hall–Kier alpha value is -2.73. The smallest absolute Gasteiger partial charge is 0.225 e. The summed E-state index contributed by atoms with van der Waals surface area (Å²) >= 11 is 0. The van der Waals surface area contributed by atoms with Gasteiger partial charge >= 0.3 is 0 Å². The Kier molecular flexibility index (Phi) is 6.49. The summed E-state index contributed by atoms with van der Waals surface area (Å²) in [5, 5.41) is 8.40. The fourth-order valence-electron chi connectivity index (χ4n) is 5.24. The number of hydrogen-bond donors (Lipinski definition) is 1. The molecule has 0 bridgehead atoms. The van der Waals surface area contributed by atoms with Crippen LogP contribution in [0.25, 0.3) is 10.9 Å². The van der Waals surface area contributed by atoms with Crippen molar-refractivity contribution in [1.29, 1.82) is 0 Å². The molecular formula is C26H32N4O2. The minimum Gasteiger partial charge on any atom is -0.474 e. The second kappa shape index (κ2) is 9.82. The van der Waals surface area contributed by atoms with Gasteiger partial charge in [-0.3, -0.25) is 14.8 Å². The SMILES string of the molecule is O=C(Cc1n[nH]c2ccnc(OC3CCCCC3)c12)CN1CCC[C@H](c2ccccc2)C1. The van der Waals surface area contributed by atoms with Crippen LogP contribution in [-0.2, 0) is 11.2 Å². The van der Waals surface area contributed by atoms with Crippen molar-refractivity contribution in [2.75, 3.05) is 19.6 Å². The molecule has 3 heterocycles. The average Bonchev–Trinajstić information content (AvgIpc) is 3.24. The summed E-state index contributed by atoms with van der Waals surface area (Å²) < 4.78 is 6.27. The van der Waals surface area contributed by atoms with Crippen molar-refractivity contribution in [3.63, 3.8) is 0 Å². The van der Waals surface area contributed by atoms with E-state index in [4.69, 9.17) is 4.74 Å². The molecule has 1 N–H and O–H groups in total. The molecule has 168 valence electrons. The molecule has 3 aromatic rings. The molecule has 6 heteroatoms. The molecule has 1 saturated heterocycles. The number of carbonyl (C=O) groups excluding carboxylic acids is 1. The molecule has 5 rings (SSSR count). The molecule has 2 fully saturated rings. The van der Waals surface area contributed by atoms with Gasteiger partial charge in [0.25, 0.3) is 0 Å². The minimum absolute atomic E-state index is 0.194. The first-order chi connectivity index (χ1) is 15.8. The van der Waals surface area contributed by atoms with Gasteiger partial charge in [-0.25, -0.2) is 4.98 Å². The third-order valence-electron chi connectivity index (χ3n) is 6.89. The fourth-order valence-corrected chi connectivity index (χ4v) is 5.24. The van der Waals surface area contributed by atoms with Crippen molar-refractivity contribution in [2.24, 2.45) is 0 Å². The normalized spacial score (nSPS) is 20.4. The zero-order chi connectivity index (χ0) is 21.8. The van der Waals surface area contributed by atoms with E-state index in [1.54, 1.807) is 6.20 Å². The van der Waals surface area contributed by atoms with Crippen LogP contribution in [0, 0.1) is 0 Å². The minimum atomic E-state index is 0.194. The number of fused-ring (bicyclic) bond motifs is 1. The third kappa shape index (κ3) is 4.85. The Balaban J connectivity index is 1.25. The van der Waals surface area contributed by atoms with E-state index in [0.717, 1.165) is 48.9 Å². The standard InChI is InChI=1S/C26H32N4O2/c31-21(18-30-15-7-10-20(17-30)19-8-3-1-4-9-19)16-24-25-23(28-29-24)13-14-27-26(25)32-22-11-5-2-6-12-22/h1,3-4,8-9,13-14,20,22H,2,5-7,10-12,15-18H2,(H,28,29)/t20-/m0/s1. The highest BCUT2D eigenvalue weighted by molar-refractivity contribution is 5.91. The average molecular weight is 433 g/mol. The van der Waals surface area contributed by atoms with E-state index in [-0.39, 0.29) is 11.9 Å². The van der Waals surface area contributed by atoms with Gasteiger partial charge in [0, 0.05) is 12.7 Å². The van der Waals surface area contributed by atoms with E-state index in [2.05, 4.69) is 50.4 Å². The lowest BCUT2D eigenvalue weighted by Gasteiger charge is -2.32. The number of nitrogens with zero attached hydrogens (tertiary/aromatic N) is 3. The van der Waals surface area contributed by atoms with Crippen LogP contribution in [-0.4, -0.2) is 51.6 Å². The van der Waals surface area contributed by atoms with E-state index in [0.29, 0.717) is 24.8 Å². The van der Waals surface area contributed by atoms with E-state index in [1.807, 2.05) is 6.07 Å². The summed E-state index contributed by atoms with van der Waals surface area (Å²) in [6.07, 6.45) is 10.4. The number of aromatic amines is 1. The Morgan fingerprint density at radius 3 is 2.75 bits per heavy atom. The van der Waals surface area contributed by atoms with Crippen LogP contribution in [0.5, 0.6) is 5.88 Å². The molecule has 2 aliphatic rings. The first kappa shape index (κ1) is 21.1. The van der Waals surface area contributed by atoms with Crippen LogP contribution in [0.1, 0.15) is 62.1 Å². The van der Waals surface area contributed by atoms with Crippen LogP contribution in [0.4, 0.5) is 0 Å². The summed E-state index contributed by atoms with van der Waals surface area (Å²) in [6.45, 7) is 2.39. The van der Waals surface area contributed by atoms with Crippen LogP contribution < -0.4 is 4.74 Å². The number of pyridine rings is 1. The van der Waals surface area contributed by atoms with Crippen molar-refractivity contribution in [1.82, 2.24) is 20.1 Å². The molecule has 0 radical (unpaired) electrons. The molecule has 2 aromatic heterocycles. The molecule has 32 heavy (non-hydrogen) atoms. The van der Waals surface area contributed by atoms with Crippen LogP contribution >= 0.6 is 0 Å². The van der Waals surface area contributed by atoms with Gasteiger partial charge in [0.05, 0.1) is 29.6 Å². The molecule has 0 unspecified atom stereocenters. The number of hydrogen-bond acceptors (Lipinski definition) is 5. The number of benzene rings is 1. The maximum atomic E-state index is 13.0. The first-order valence-corrected chi connectivity index (χ1v) is 12.0. The topological polar surface area (TPSA) is 71.1 Å². The van der Waals surface area contributed by atoms with Gasteiger partial charge in [0.15, 0.2) is 5.78 Å². The van der Waals surface area contributed by atoms with E-state index in [9.17, 15) is 4.79 Å². The Morgan fingerprint density at radius 1 is 1.06 bits per heavy atom. The van der Waals surface area contributed by atoms with Crippen molar-refractivity contribution in [2.45, 2.75) is 63.4 Å². The molecular weight excluding hydrogens is 400 g/mol. The van der Waals surface area contributed by atoms with Crippen molar-refractivity contribution in [3.05, 3.63) is 53.9 Å². The number of rotatable bonds is 7. The summed E-state index contributed by atoms with van der Waals surface area (Å²) in [6, 6.07) is 12.6. The molecule has 1 aliphatic carbocycles. The van der Waals surface area contributed by atoms with Crippen molar-refractivity contribution in [3.8, 4) is 5.88 Å². The summed E-state index contributed by atoms with van der Waals surface area (Å²) in [7, 11) is 0. The second-order valence-electron chi connectivity index (χ2n) is 9.29. The number of H-pyrrole nitrogens is 1. The van der Waals surface area contributed by atoms with Crippen molar-refractivity contribution >= 4 is 16.7 Å². The molecule has 1 aliphatic heterocycles. The lowest BCUT2D eigenvalue weighted by atomic mass is 9.90. The van der Waals surface area contributed by atoms with Gasteiger partial charge in [-0.2, -0.15) is 5.10 Å². The van der Waals surface area contributed by atoms with E-state index < -0.39 is 0 Å². The molecule has 0 amide bonds. The van der Waals surface area contributed by atoms with Crippen LogP contribution in [0.3, 0.4) is 0 Å². The zero-order valence-corrected chi connectivity index (χ0v) is 18.6. The molecule has 1 atom stereocenters. The number of Topliss-reactive ketones (excluding diaryl/α,β-unsaturated/α-hetero) is 1. The highest BCUT2D eigenvalue weighted by atomic mass is 16.5. The third-order valence-corrected chi connectivity index (χ3v) is 6.89. The highest BCUT2D eigenvalue weighted by Gasteiger charge is 2.24. The van der Waals surface area contributed by atoms with Crippen LogP contribution in [0.2, 0.25) is 0 Å². The number of ether oxygens (including phenoxy) is 1. The van der Waals surface area contributed by atoms with E-state index in [1.165, 1.54) is 31.2 Å². The molecule has 0 spiro atoms. The second-order valence-corrected chi connectivity index (χ2v) is 9.29. The predicted octanol–water partition coefficient (Wildman–Crippen LogP) is 4.66. The molecule has 1 saturated carbocycles. The van der Waals surface area contributed by atoms with Gasteiger partial charge in [-0.1, -0.05) is 36.8 Å². The Morgan fingerprint density at radius 2 is 1.91 bits per heavy atom. The Labute approximate surface area is 189 Å². The number of aromatic nitrogens is 3. The van der Waals surface area contributed by atoms with Gasteiger partial charge in [-0.05, 0) is 62.6 Å². The number of likely N-dealkylation sites (tertiary alicyclic amines) is 1. The summed E-state index contributed by atoms with van der Waals surface area (Å²) in [5.74, 6) is 1.32. The van der Waals surface area contributed by atoms with Gasteiger partial charge in [0.2, 0.25) is 5.88 Å². The van der Waals surface area contributed by atoms with Gasteiger partial charge < -0.3 is 4.74 Å². The maximum Gasteiger partial charge on any atom is 0.225 e. The number of piperidine rings is 1. The fraction of sp³-hybridized carbons (Fsp3) is 0.500. The number of nitrogens with one attached hydrogen (secondary N) is 1. The lowest BCUT2D eigenvalue weighted by Crippen LogP contribution is -2.38. The van der Waals surface area contributed by atoms with Gasteiger partial charge in [0.1, 0.15) is 6.10 Å². The van der Waals surface area contributed by atoms with E-state index >= 15 is 0 Å². The van der Waals surface area contributed by atoms with Crippen LogP contribution in [0.15, 0.2) is 42.6 Å². The number of ketones is 1. The summed E-state index contributed by atoms with van der Waals surface area (Å²) in [4.78, 5) is 19.8. The first-order valence-electron chi connectivity index (χ1n) is 12.0.